The van der Waals surface area contributed by atoms with Crippen molar-refractivity contribution in [3.05, 3.63) is 18.2 Å². The van der Waals surface area contributed by atoms with Gasteiger partial charge in [0.25, 0.3) is 0 Å². The van der Waals surface area contributed by atoms with Gasteiger partial charge in [0.2, 0.25) is 10.0 Å². The van der Waals surface area contributed by atoms with Crippen LogP contribution in [0, 0.1) is 0 Å². The summed E-state index contributed by atoms with van der Waals surface area (Å²) in [6.07, 6.45) is 2.50. The summed E-state index contributed by atoms with van der Waals surface area (Å²) in [4.78, 5) is 2.64. The highest BCUT2D eigenvalue weighted by molar-refractivity contribution is 7.89. The fraction of sp³-hybridized carbons (Fsp3) is 0.600. The van der Waals surface area contributed by atoms with E-state index in [2.05, 4.69) is 4.90 Å². The topological polar surface area (TPSA) is 59.1 Å². The first-order chi connectivity index (χ1) is 10.6. The molecular weight excluding hydrogens is 304 g/mol. The Morgan fingerprint density at radius 1 is 1.00 bits per heavy atom. The largest absolute Gasteiger partial charge is 0.493 e. The summed E-state index contributed by atoms with van der Waals surface area (Å²) in [5, 5.41) is 0. The molecular formula is C15H22N2O4S. The molecule has 22 heavy (non-hydrogen) atoms. The molecule has 0 aromatic heterocycles. The van der Waals surface area contributed by atoms with Crippen LogP contribution in [0.4, 0.5) is 0 Å². The minimum absolute atomic E-state index is 0.255. The van der Waals surface area contributed by atoms with Gasteiger partial charge in [0.05, 0.1) is 19.1 Å². The van der Waals surface area contributed by atoms with E-state index in [0.717, 1.165) is 13.1 Å². The van der Waals surface area contributed by atoms with Gasteiger partial charge in [-0.1, -0.05) is 0 Å². The number of rotatable bonds is 5. The van der Waals surface area contributed by atoms with E-state index in [1.165, 1.54) is 33.1 Å². The molecule has 1 saturated heterocycles. The molecule has 122 valence electrons. The van der Waals surface area contributed by atoms with E-state index >= 15 is 0 Å². The Hall–Kier alpha value is -1.31. The minimum atomic E-state index is -3.48. The van der Waals surface area contributed by atoms with E-state index in [1.54, 1.807) is 16.4 Å². The predicted octanol–water partition coefficient (Wildman–Crippen LogP) is 1.17. The van der Waals surface area contributed by atoms with Gasteiger partial charge in [0.1, 0.15) is 0 Å². The second-order valence-corrected chi connectivity index (χ2v) is 7.63. The Kier molecular flexibility index (Phi) is 4.29. The van der Waals surface area contributed by atoms with Gasteiger partial charge in [0.15, 0.2) is 11.5 Å². The first kappa shape index (κ1) is 15.6. The average Bonchev–Trinajstić information content (AvgIpc) is 3.39. The molecule has 6 nitrogen and oxygen atoms in total. The lowest BCUT2D eigenvalue weighted by molar-refractivity contribution is 0.180. The Balaban J connectivity index is 1.77. The fourth-order valence-corrected chi connectivity index (χ4v) is 4.31. The molecule has 0 spiro atoms. The molecule has 0 atom stereocenters. The van der Waals surface area contributed by atoms with E-state index < -0.39 is 10.0 Å². The van der Waals surface area contributed by atoms with E-state index in [9.17, 15) is 8.42 Å². The number of sulfonamides is 1. The van der Waals surface area contributed by atoms with Gasteiger partial charge in [-0.05, 0) is 25.0 Å². The molecule has 1 saturated carbocycles. The van der Waals surface area contributed by atoms with E-state index in [4.69, 9.17) is 9.47 Å². The van der Waals surface area contributed by atoms with Crippen LogP contribution in [0.25, 0.3) is 0 Å². The van der Waals surface area contributed by atoms with E-state index in [-0.39, 0.29) is 4.90 Å². The lowest BCUT2D eigenvalue weighted by Crippen LogP contribution is -2.49. The van der Waals surface area contributed by atoms with Crippen LogP contribution >= 0.6 is 0 Å². The fourth-order valence-electron chi connectivity index (χ4n) is 2.87. The second kappa shape index (κ2) is 6.06. The third kappa shape index (κ3) is 2.93. The number of benzene rings is 1. The number of hydrogen-bond acceptors (Lipinski definition) is 5. The smallest absolute Gasteiger partial charge is 0.243 e. The number of nitrogens with zero attached hydrogens (tertiary/aromatic N) is 2. The highest BCUT2D eigenvalue weighted by Gasteiger charge is 2.35. The summed E-state index contributed by atoms with van der Waals surface area (Å²) < 4.78 is 37.4. The average molecular weight is 326 g/mol. The van der Waals surface area contributed by atoms with Gasteiger partial charge in [0, 0.05) is 38.3 Å². The molecule has 0 unspecified atom stereocenters. The van der Waals surface area contributed by atoms with Crippen molar-refractivity contribution in [2.75, 3.05) is 40.4 Å². The molecule has 0 radical (unpaired) electrons. The standard InChI is InChI=1S/C15H22N2O4S/c1-20-14-6-5-13(11-15(14)21-2)22(18,19)17-9-7-16(8-10-17)12-3-4-12/h5-6,11-12H,3-4,7-10H2,1-2H3. The summed E-state index contributed by atoms with van der Waals surface area (Å²) in [6.45, 7) is 2.73. The third-order valence-electron chi connectivity index (χ3n) is 4.33. The van der Waals surface area contributed by atoms with Gasteiger partial charge in [-0.25, -0.2) is 8.42 Å². The van der Waals surface area contributed by atoms with E-state index in [0.29, 0.717) is 30.6 Å². The summed E-state index contributed by atoms with van der Waals surface area (Å²) in [6, 6.07) is 5.42. The maximum absolute atomic E-state index is 12.8. The van der Waals surface area contributed by atoms with Gasteiger partial charge in [-0.2, -0.15) is 4.31 Å². The SMILES string of the molecule is COc1ccc(S(=O)(=O)N2CCN(C3CC3)CC2)cc1OC. The van der Waals surface area contributed by atoms with Gasteiger partial charge in [-0.15, -0.1) is 0 Å². The van der Waals surface area contributed by atoms with E-state index in [1.807, 2.05) is 0 Å². The summed E-state index contributed by atoms with van der Waals surface area (Å²) >= 11 is 0. The monoisotopic (exact) mass is 326 g/mol. The van der Waals surface area contributed by atoms with Crippen molar-refractivity contribution in [3.63, 3.8) is 0 Å². The lowest BCUT2D eigenvalue weighted by Gasteiger charge is -2.34. The molecule has 2 fully saturated rings. The maximum Gasteiger partial charge on any atom is 0.243 e. The van der Waals surface area contributed by atoms with Crippen LogP contribution in [0.1, 0.15) is 12.8 Å². The Morgan fingerprint density at radius 3 is 2.18 bits per heavy atom. The molecule has 1 aliphatic carbocycles. The summed E-state index contributed by atoms with van der Waals surface area (Å²) in [7, 11) is -0.444. The number of methoxy groups -OCH3 is 2. The van der Waals surface area contributed by atoms with Gasteiger partial charge >= 0.3 is 0 Å². The Morgan fingerprint density at radius 2 is 1.64 bits per heavy atom. The molecule has 3 rings (SSSR count). The molecule has 0 amide bonds. The van der Waals surface area contributed by atoms with Crippen molar-refractivity contribution in [1.82, 2.24) is 9.21 Å². The predicted molar refractivity (Wildman–Crippen MR) is 82.9 cm³/mol. The quantitative estimate of drug-likeness (QED) is 0.813. The van der Waals surface area contributed by atoms with Crippen molar-refractivity contribution >= 4 is 10.0 Å². The Labute approximate surface area is 131 Å². The Bertz CT molecular complexity index is 635. The van der Waals surface area contributed by atoms with Crippen LogP contribution in [0.2, 0.25) is 0 Å². The zero-order chi connectivity index (χ0) is 15.7. The zero-order valence-corrected chi connectivity index (χ0v) is 13.8. The van der Waals surface area contributed by atoms with Gasteiger partial charge in [-0.3, -0.25) is 4.90 Å². The maximum atomic E-state index is 12.8. The van der Waals surface area contributed by atoms with Crippen LogP contribution in [0.15, 0.2) is 23.1 Å². The number of ether oxygens (including phenoxy) is 2. The van der Waals surface area contributed by atoms with Crippen LogP contribution in [-0.2, 0) is 10.0 Å². The second-order valence-electron chi connectivity index (χ2n) is 5.69. The zero-order valence-electron chi connectivity index (χ0n) is 13.0. The molecule has 0 N–H and O–H groups in total. The van der Waals surface area contributed by atoms with Crippen LogP contribution in [0.5, 0.6) is 11.5 Å². The van der Waals surface area contributed by atoms with Gasteiger partial charge < -0.3 is 9.47 Å². The number of piperazine rings is 1. The third-order valence-corrected chi connectivity index (χ3v) is 6.22. The van der Waals surface area contributed by atoms with Crippen molar-refractivity contribution < 1.29 is 17.9 Å². The van der Waals surface area contributed by atoms with Crippen LogP contribution in [0.3, 0.4) is 0 Å². The van der Waals surface area contributed by atoms with Crippen molar-refractivity contribution in [2.24, 2.45) is 0 Å². The molecule has 2 aliphatic rings. The van der Waals surface area contributed by atoms with Crippen molar-refractivity contribution in [3.8, 4) is 11.5 Å². The van der Waals surface area contributed by atoms with Crippen LogP contribution in [-0.4, -0.2) is 64.1 Å². The first-order valence-corrected chi connectivity index (χ1v) is 8.96. The number of hydrogen-bond donors (Lipinski definition) is 0. The minimum Gasteiger partial charge on any atom is -0.493 e. The lowest BCUT2D eigenvalue weighted by atomic mass is 10.3. The normalized spacial score (nSPS) is 20.8. The first-order valence-electron chi connectivity index (χ1n) is 7.52. The molecule has 7 heteroatoms. The molecule has 1 aromatic rings. The van der Waals surface area contributed by atoms with Crippen LogP contribution < -0.4 is 9.47 Å². The molecule has 1 aromatic carbocycles. The molecule has 1 aliphatic heterocycles. The molecule has 1 heterocycles. The van der Waals surface area contributed by atoms with Crippen molar-refractivity contribution in [2.45, 2.75) is 23.8 Å². The summed E-state index contributed by atoms with van der Waals surface area (Å²) in [5.74, 6) is 0.959. The summed E-state index contributed by atoms with van der Waals surface area (Å²) in [5.41, 5.74) is 0. The highest BCUT2D eigenvalue weighted by atomic mass is 32.2. The highest BCUT2D eigenvalue weighted by Crippen LogP contribution is 2.32. The molecule has 0 bridgehead atoms. The van der Waals surface area contributed by atoms with Crippen molar-refractivity contribution in [1.29, 1.82) is 0 Å².